The molecule has 0 unspecified atom stereocenters. The van der Waals surface area contributed by atoms with E-state index in [4.69, 9.17) is 10.00 Å². The van der Waals surface area contributed by atoms with Gasteiger partial charge in [-0.3, -0.25) is 9.69 Å². The van der Waals surface area contributed by atoms with Gasteiger partial charge in [-0.15, -0.1) is 0 Å². The average molecular weight is 226 g/mol. The summed E-state index contributed by atoms with van der Waals surface area (Å²) in [6.45, 7) is 9.88. The van der Waals surface area contributed by atoms with Crippen molar-refractivity contribution in [3.05, 3.63) is 0 Å². The molecule has 0 aliphatic rings. The summed E-state index contributed by atoms with van der Waals surface area (Å²) in [7, 11) is 0. The molecule has 0 spiro atoms. The number of likely N-dealkylation sites (N-methyl/N-ethyl adjacent to an activating group) is 1. The Bertz CT molecular complexity index is 256. The Kier molecular flexibility index (Phi) is 6.75. The van der Waals surface area contributed by atoms with Gasteiger partial charge < -0.3 is 4.74 Å². The molecule has 0 atom stereocenters. The number of carbonyl (C=O) groups excluding carboxylic acids is 1. The fourth-order valence-electron chi connectivity index (χ4n) is 1.23. The van der Waals surface area contributed by atoms with E-state index < -0.39 is 0 Å². The van der Waals surface area contributed by atoms with Crippen molar-refractivity contribution in [3.63, 3.8) is 0 Å². The molecule has 0 radical (unpaired) electrons. The Morgan fingerprint density at radius 2 is 2.06 bits per heavy atom. The Balaban J connectivity index is 4.03. The van der Waals surface area contributed by atoms with Crippen molar-refractivity contribution in [1.82, 2.24) is 4.90 Å². The normalized spacial score (nSPS) is 11.2. The molecule has 0 aliphatic carbocycles. The fourth-order valence-corrected chi connectivity index (χ4v) is 1.23. The van der Waals surface area contributed by atoms with Crippen molar-refractivity contribution in [2.75, 3.05) is 26.2 Å². The lowest BCUT2D eigenvalue weighted by atomic mass is 9.91. The maximum atomic E-state index is 11.3. The van der Waals surface area contributed by atoms with Gasteiger partial charge in [0.2, 0.25) is 0 Å². The van der Waals surface area contributed by atoms with Crippen molar-refractivity contribution in [2.24, 2.45) is 5.41 Å². The van der Waals surface area contributed by atoms with E-state index in [9.17, 15) is 4.79 Å². The van der Waals surface area contributed by atoms with Crippen LogP contribution in [-0.2, 0) is 9.53 Å². The predicted molar refractivity (Wildman–Crippen MR) is 62.8 cm³/mol. The van der Waals surface area contributed by atoms with Crippen LogP contribution < -0.4 is 0 Å². The van der Waals surface area contributed by atoms with Gasteiger partial charge in [-0.25, -0.2) is 0 Å². The van der Waals surface area contributed by atoms with E-state index in [0.717, 1.165) is 19.5 Å². The van der Waals surface area contributed by atoms with Gasteiger partial charge >= 0.3 is 5.97 Å². The Morgan fingerprint density at radius 3 is 2.50 bits per heavy atom. The molecule has 0 fully saturated rings. The van der Waals surface area contributed by atoms with Crippen LogP contribution in [0, 0.1) is 16.7 Å². The number of hydrogen-bond donors (Lipinski definition) is 0. The average Bonchev–Trinajstić information content (AvgIpc) is 2.24. The van der Waals surface area contributed by atoms with E-state index in [1.165, 1.54) is 0 Å². The second-order valence-corrected chi connectivity index (χ2v) is 4.42. The van der Waals surface area contributed by atoms with Crippen molar-refractivity contribution >= 4 is 5.97 Å². The third-order valence-corrected chi connectivity index (χ3v) is 2.46. The second-order valence-electron chi connectivity index (χ2n) is 4.42. The van der Waals surface area contributed by atoms with E-state index in [0.29, 0.717) is 13.2 Å². The van der Waals surface area contributed by atoms with Crippen LogP contribution in [0.25, 0.3) is 0 Å². The Hall–Kier alpha value is -1.08. The molecule has 0 aromatic rings. The first kappa shape index (κ1) is 14.9. The number of nitrogens with zero attached hydrogens (tertiary/aromatic N) is 2. The number of carbonyl (C=O) groups is 1. The van der Waals surface area contributed by atoms with Crippen LogP contribution in [-0.4, -0.2) is 37.1 Å². The SMILES string of the molecule is CCOC(=O)CN(CC)CCC(C)(C)C#N. The summed E-state index contributed by atoms with van der Waals surface area (Å²) in [6, 6.07) is 2.26. The minimum atomic E-state index is -0.331. The third-order valence-electron chi connectivity index (χ3n) is 2.46. The van der Waals surface area contributed by atoms with Crippen LogP contribution in [0.2, 0.25) is 0 Å². The lowest BCUT2D eigenvalue weighted by molar-refractivity contribution is -0.144. The van der Waals surface area contributed by atoms with Gasteiger partial charge in [-0.05, 0) is 33.7 Å². The molecule has 0 heterocycles. The van der Waals surface area contributed by atoms with Crippen LogP contribution in [0.5, 0.6) is 0 Å². The molecule has 92 valence electrons. The Morgan fingerprint density at radius 1 is 1.44 bits per heavy atom. The number of hydrogen-bond acceptors (Lipinski definition) is 4. The quantitative estimate of drug-likeness (QED) is 0.621. The first-order valence-corrected chi connectivity index (χ1v) is 5.74. The van der Waals surface area contributed by atoms with Crippen LogP contribution >= 0.6 is 0 Å². The maximum Gasteiger partial charge on any atom is 0.320 e. The first-order chi connectivity index (χ1) is 7.45. The molecular formula is C12H22N2O2. The first-order valence-electron chi connectivity index (χ1n) is 5.74. The van der Waals surface area contributed by atoms with Gasteiger partial charge in [0.1, 0.15) is 0 Å². The molecule has 0 bridgehead atoms. The van der Waals surface area contributed by atoms with E-state index >= 15 is 0 Å². The molecule has 0 aromatic carbocycles. The fraction of sp³-hybridized carbons (Fsp3) is 0.833. The monoisotopic (exact) mass is 226 g/mol. The molecule has 0 aromatic heterocycles. The predicted octanol–water partition coefficient (Wildman–Crippen LogP) is 1.81. The summed E-state index contributed by atoms with van der Waals surface area (Å²) in [4.78, 5) is 13.3. The molecule has 0 amide bonds. The van der Waals surface area contributed by atoms with Crippen molar-refractivity contribution < 1.29 is 9.53 Å². The van der Waals surface area contributed by atoms with Gasteiger partial charge in [0.25, 0.3) is 0 Å². The largest absolute Gasteiger partial charge is 0.465 e. The maximum absolute atomic E-state index is 11.3. The molecule has 0 saturated carbocycles. The molecule has 0 N–H and O–H groups in total. The Labute approximate surface area is 98.2 Å². The summed E-state index contributed by atoms with van der Waals surface area (Å²) in [5.74, 6) is -0.195. The molecule has 0 rings (SSSR count). The van der Waals surface area contributed by atoms with Crippen molar-refractivity contribution in [3.8, 4) is 6.07 Å². The zero-order valence-corrected chi connectivity index (χ0v) is 10.7. The van der Waals surface area contributed by atoms with Gasteiger partial charge in [-0.2, -0.15) is 5.26 Å². The van der Waals surface area contributed by atoms with Crippen molar-refractivity contribution in [2.45, 2.75) is 34.1 Å². The highest BCUT2D eigenvalue weighted by atomic mass is 16.5. The molecule has 0 aliphatic heterocycles. The van der Waals surface area contributed by atoms with Gasteiger partial charge in [0.15, 0.2) is 0 Å². The second kappa shape index (κ2) is 7.24. The van der Waals surface area contributed by atoms with Crippen LogP contribution in [0.1, 0.15) is 34.1 Å². The van der Waals surface area contributed by atoms with Crippen LogP contribution in [0.3, 0.4) is 0 Å². The third kappa shape index (κ3) is 6.41. The van der Waals surface area contributed by atoms with Gasteiger partial charge in [-0.1, -0.05) is 6.92 Å². The highest BCUT2D eigenvalue weighted by molar-refractivity contribution is 5.71. The molecule has 4 nitrogen and oxygen atoms in total. The summed E-state index contributed by atoms with van der Waals surface area (Å²) >= 11 is 0. The number of ether oxygens (including phenoxy) is 1. The minimum absolute atomic E-state index is 0.195. The molecular weight excluding hydrogens is 204 g/mol. The van der Waals surface area contributed by atoms with Gasteiger partial charge in [0, 0.05) is 6.54 Å². The topological polar surface area (TPSA) is 53.3 Å². The van der Waals surface area contributed by atoms with Crippen LogP contribution in [0.15, 0.2) is 0 Å². The van der Waals surface area contributed by atoms with Crippen LogP contribution in [0.4, 0.5) is 0 Å². The summed E-state index contributed by atoms with van der Waals surface area (Å²) < 4.78 is 4.89. The number of rotatable bonds is 7. The minimum Gasteiger partial charge on any atom is -0.465 e. The zero-order chi connectivity index (χ0) is 12.6. The summed E-state index contributed by atoms with van der Waals surface area (Å²) in [5, 5.41) is 8.89. The smallest absolute Gasteiger partial charge is 0.320 e. The number of nitriles is 1. The number of esters is 1. The summed E-state index contributed by atoms with van der Waals surface area (Å²) in [6.07, 6.45) is 0.761. The lowest BCUT2D eigenvalue weighted by Gasteiger charge is -2.23. The van der Waals surface area contributed by atoms with E-state index in [2.05, 4.69) is 6.07 Å². The molecule has 4 heteroatoms. The highest BCUT2D eigenvalue weighted by Gasteiger charge is 2.19. The lowest BCUT2D eigenvalue weighted by Crippen LogP contribution is -2.33. The van der Waals surface area contributed by atoms with Gasteiger partial charge in [0.05, 0.1) is 24.6 Å². The standard InChI is InChI=1S/C12H22N2O2/c1-5-14(9-11(15)16-6-2)8-7-12(3,4)10-13/h5-9H2,1-4H3. The zero-order valence-electron chi connectivity index (χ0n) is 10.7. The van der Waals surface area contributed by atoms with E-state index in [1.54, 1.807) is 6.92 Å². The summed E-state index contributed by atoms with van der Waals surface area (Å²) in [5.41, 5.74) is -0.331. The van der Waals surface area contributed by atoms with Crippen molar-refractivity contribution in [1.29, 1.82) is 5.26 Å². The molecule has 0 saturated heterocycles. The highest BCUT2D eigenvalue weighted by Crippen LogP contribution is 2.18. The van der Waals surface area contributed by atoms with E-state index in [-0.39, 0.29) is 11.4 Å². The molecule has 16 heavy (non-hydrogen) atoms. The van der Waals surface area contributed by atoms with E-state index in [1.807, 2.05) is 25.7 Å².